The monoisotopic (exact) mass is 572 g/mol. The van der Waals surface area contributed by atoms with E-state index in [-0.39, 0.29) is 0 Å². The van der Waals surface area contributed by atoms with Crippen molar-refractivity contribution >= 4 is 65.2 Å². The molecule has 0 N–H and O–H groups in total. The van der Waals surface area contributed by atoms with E-state index in [1.165, 1.54) is 37.7 Å². The van der Waals surface area contributed by atoms with Gasteiger partial charge in [0.15, 0.2) is 0 Å². The molecule has 4 heteroatoms. The fraction of sp³-hybridized carbons (Fsp3) is 0. The lowest BCUT2D eigenvalue weighted by Gasteiger charge is -2.17. The second kappa shape index (κ2) is 9.18. The van der Waals surface area contributed by atoms with Gasteiger partial charge in [-0.1, -0.05) is 97.1 Å². The number of para-hydroxylation sites is 3. The number of pyridine rings is 2. The Kier molecular flexibility index (Phi) is 4.96. The summed E-state index contributed by atoms with van der Waals surface area (Å²) < 4.78 is 2.24. The average Bonchev–Trinajstić information content (AvgIpc) is 3.51. The zero-order valence-corrected chi connectivity index (χ0v) is 24.1. The molecule has 0 atom stereocenters. The standard InChI is InChI=1S/C41H24N4/c1-2-9-27(10-3-1)45-36-17-5-4-16-35(36)44-41(45)26-20-18-25(19-21-26)34-23-22-31-29-12-6-13-32-37(29)38-28(30-15-8-24-42-39(30)32)11-7-14-33(38)40(31)43-34/h1-24H. The van der Waals surface area contributed by atoms with E-state index >= 15 is 0 Å². The Morgan fingerprint density at radius 1 is 0.422 bits per heavy atom. The lowest BCUT2D eigenvalue weighted by Crippen LogP contribution is -1.97. The lowest BCUT2D eigenvalue weighted by atomic mass is 9.88. The Bertz CT molecular complexity index is 2740. The fourth-order valence-corrected chi connectivity index (χ4v) is 7.21. The summed E-state index contributed by atoms with van der Waals surface area (Å²) in [5.74, 6) is 0.922. The van der Waals surface area contributed by atoms with Crippen LogP contribution in [0.1, 0.15) is 0 Å². The first kappa shape index (κ1) is 24.3. The van der Waals surface area contributed by atoms with Crippen LogP contribution < -0.4 is 0 Å². The van der Waals surface area contributed by atoms with E-state index in [0.29, 0.717) is 0 Å². The predicted molar refractivity (Wildman–Crippen MR) is 186 cm³/mol. The number of rotatable bonds is 3. The molecule has 0 aliphatic carbocycles. The van der Waals surface area contributed by atoms with E-state index in [0.717, 1.165) is 55.8 Å². The third-order valence-corrected chi connectivity index (χ3v) is 9.19. The molecule has 0 spiro atoms. The highest BCUT2D eigenvalue weighted by Gasteiger charge is 2.19. The molecule has 0 amide bonds. The second-order valence-corrected chi connectivity index (χ2v) is 11.6. The summed E-state index contributed by atoms with van der Waals surface area (Å²) in [6.45, 7) is 0. The maximum absolute atomic E-state index is 5.34. The maximum atomic E-state index is 5.34. The van der Waals surface area contributed by atoms with E-state index in [4.69, 9.17) is 15.0 Å². The normalized spacial score (nSPS) is 12.0. The number of hydrogen-bond donors (Lipinski definition) is 0. The molecule has 0 bridgehead atoms. The van der Waals surface area contributed by atoms with Crippen LogP contribution in [-0.2, 0) is 0 Å². The van der Waals surface area contributed by atoms with Crippen LogP contribution in [0.3, 0.4) is 0 Å². The number of fused-ring (bicyclic) bond motifs is 7. The predicted octanol–water partition coefficient (Wildman–Crippen LogP) is 10.4. The average molecular weight is 573 g/mol. The summed E-state index contributed by atoms with van der Waals surface area (Å²) in [7, 11) is 0. The van der Waals surface area contributed by atoms with Crippen LogP contribution in [0.15, 0.2) is 146 Å². The van der Waals surface area contributed by atoms with Crippen LogP contribution in [0.25, 0.3) is 93.5 Å². The highest BCUT2D eigenvalue weighted by molar-refractivity contribution is 6.39. The highest BCUT2D eigenvalue weighted by atomic mass is 15.1. The van der Waals surface area contributed by atoms with Crippen LogP contribution in [0, 0.1) is 0 Å². The number of imidazole rings is 1. The Balaban J connectivity index is 1.16. The number of aromatic nitrogens is 4. The molecule has 0 saturated heterocycles. The summed E-state index contributed by atoms with van der Waals surface area (Å²) in [6.07, 6.45) is 1.89. The van der Waals surface area contributed by atoms with Crippen molar-refractivity contribution in [2.24, 2.45) is 0 Å². The third kappa shape index (κ3) is 3.45. The SMILES string of the molecule is c1ccc(-n2c(-c3ccc(-c4ccc5c6cccc7c8ncccc8c8cccc(c5n4)c8c67)cc3)nc3ccccc32)cc1. The van der Waals surface area contributed by atoms with Gasteiger partial charge < -0.3 is 0 Å². The molecule has 0 fully saturated rings. The van der Waals surface area contributed by atoms with E-state index in [1.54, 1.807) is 0 Å². The third-order valence-electron chi connectivity index (χ3n) is 9.19. The fourth-order valence-electron chi connectivity index (χ4n) is 7.21. The summed E-state index contributed by atoms with van der Waals surface area (Å²) in [5.41, 5.74) is 8.31. The highest BCUT2D eigenvalue weighted by Crippen LogP contribution is 2.44. The zero-order chi connectivity index (χ0) is 29.5. The van der Waals surface area contributed by atoms with Crippen LogP contribution in [0.4, 0.5) is 0 Å². The molecular formula is C41H24N4. The molecule has 4 nitrogen and oxygen atoms in total. The molecule has 3 heterocycles. The molecule has 0 saturated carbocycles. The molecular weight excluding hydrogens is 548 g/mol. The van der Waals surface area contributed by atoms with Gasteiger partial charge in [0.1, 0.15) is 5.82 Å². The lowest BCUT2D eigenvalue weighted by molar-refractivity contribution is 1.10. The van der Waals surface area contributed by atoms with Gasteiger partial charge in [0.25, 0.3) is 0 Å². The Hall–Kier alpha value is -6.13. The van der Waals surface area contributed by atoms with E-state index in [9.17, 15) is 0 Å². The maximum Gasteiger partial charge on any atom is 0.145 e. The van der Waals surface area contributed by atoms with Crippen molar-refractivity contribution < 1.29 is 0 Å². The first-order chi connectivity index (χ1) is 22.3. The first-order valence-electron chi connectivity index (χ1n) is 15.2. The molecule has 10 rings (SSSR count). The van der Waals surface area contributed by atoms with Gasteiger partial charge in [0, 0.05) is 55.3 Å². The summed E-state index contributed by atoms with van der Waals surface area (Å²) >= 11 is 0. The number of benzene rings is 7. The Morgan fingerprint density at radius 2 is 1.07 bits per heavy atom. The minimum atomic E-state index is 0.922. The molecule has 3 aromatic heterocycles. The second-order valence-electron chi connectivity index (χ2n) is 11.6. The molecule has 0 unspecified atom stereocenters. The Morgan fingerprint density at radius 3 is 1.87 bits per heavy atom. The van der Waals surface area contributed by atoms with Crippen molar-refractivity contribution in [3.63, 3.8) is 0 Å². The van der Waals surface area contributed by atoms with Crippen molar-refractivity contribution in [3.8, 4) is 28.3 Å². The Labute approximate surface area is 258 Å². The van der Waals surface area contributed by atoms with Crippen LogP contribution >= 0.6 is 0 Å². The smallest absolute Gasteiger partial charge is 0.145 e. The molecule has 208 valence electrons. The molecule has 7 aromatic carbocycles. The minimum Gasteiger partial charge on any atom is -0.292 e. The van der Waals surface area contributed by atoms with Gasteiger partial charge in [0.05, 0.1) is 27.8 Å². The molecule has 0 radical (unpaired) electrons. The van der Waals surface area contributed by atoms with Crippen LogP contribution in [0.2, 0.25) is 0 Å². The van der Waals surface area contributed by atoms with Gasteiger partial charge in [-0.05, 0) is 53.2 Å². The van der Waals surface area contributed by atoms with E-state index in [1.807, 2.05) is 24.4 Å². The number of hydrogen-bond acceptors (Lipinski definition) is 3. The van der Waals surface area contributed by atoms with Crippen molar-refractivity contribution in [2.75, 3.05) is 0 Å². The van der Waals surface area contributed by atoms with E-state index < -0.39 is 0 Å². The van der Waals surface area contributed by atoms with Gasteiger partial charge in [-0.3, -0.25) is 9.55 Å². The first-order valence-corrected chi connectivity index (χ1v) is 15.2. The molecule has 10 aromatic rings. The summed E-state index contributed by atoms with van der Waals surface area (Å²) in [6, 6.07) is 49.1. The molecule has 0 aliphatic rings. The summed E-state index contributed by atoms with van der Waals surface area (Å²) in [5, 5.41) is 9.66. The van der Waals surface area contributed by atoms with Crippen molar-refractivity contribution in [1.82, 2.24) is 19.5 Å². The minimum absolute atomic E-state index is 0.922. The van der Waals surface area contributed by atoms with Gasteiger partial charge in [-0.25, -0.2) is 9.97 Å². The zero-order valence-electron chi connectivity index (χ0n) is 24.1. The van der Waals surface area contributed by atoms with Crippen LogP contribution in [0.5, 0.6) is 0 Å². The quantitative estimate of drug-likeness (QED) is 0.156. The van der Waals surface area contributed by atoms with Crippen molar-refractivity contribution in [1.29, 1.82) is 0 Å². The topological polar surface area (TPSA) is 43.6 Å². The van der Waals surface area contributed by atoms with Crippen molar-refractivity contribution in [2.45, 2.75) is 0 Å². The van der Waals surface area contributed by atoms with Crippen LogP contribution in [-0.4, -0.2) is 19.5 Å². The van der Waals surface area contributed by atoms with Gasteiger partial charge in [-0.2, -0.15) is 0 Å². The summed E-state index contributed by atoms with van der Waals surface area (Å²) in [4.78, 5) is 15.2. The van der Waals surface area contributed by atoms with Gasteiger partial charge >= 0.3 is 0 Å². The van der Waals surface area contributed by atoms with Gasteiger partial charge in [0.2, 0.25) is 0 Å². The van der Waals surface area contributed by atoms with Crippen molar-refractivity contribution in [3.05, 3.63) is 146 Å². The molecule has 0 aliphatic heterocycles. The largest absolute Gasteiger partial charge is 0.292 e. The van der Waals surface area contributed by atoms with Gasteiger partial charge in [-0.15, -0.1) is 0 Å². The van der Waals surface area contributed by atoms with E-state index in [2.05, 4.69) is 126 Å². The number of nitrogens with zero attached hydrogens (tertiary/aromatic N) is 4. The molecule has 45 heavy (non-hydrogen) atoms.